The number of para-hydroxylation sites is 1. The number of hydrogen-bond donors (Lipinski definition) is 1. The lowest BCUT2D eigenvalue weighted by Crippen LogP contribution is -2.21. The number of aromatic nitrogens is 2. The maximum atomic E-state index is 12.1. The number of aryl methyl sites for hydroxylation is 2. The SMILES string of the molecule is COc1cc(Cl)c(C)cc1NC(=O)COC(=O)CCc1cnn(-c2ccccc2)c1. The highest BCUT2D eigenvalue weighted by atomic mass is 35.5. The van der Waals surface area contributed by atoms with E-state index in [1.165, 1.54) is 7.11 Å². The topological polar surface area (TPSA) is 82.4 Å². The summed E-state index contributed by atoms with van der Waals surface area (Å²) in [7, 11) is 1.48. The van der Waals surface area contributed by atoms with E-state index in [1.807, 2.05) is 43.5 Å². The molecule has 0 radical (unpaired) electrons. The molecule has 8 heteroatoms. The van der Waals surface area contributed by atoms with Crippen molar-refractivity contribution in [2.45, 2.75) is 19.8 Å². The molecule has 0 aliphatic heterocycles. The minimum Gasteiger partial charge on any atom is -0.495 e. The van der Waals surface area contributed by atoms with Crippen LogP contribution >= 0.6 is 11.6 Å². The molecule has 30 heavy (non-hydrogen) atoms. The fourth-order valence-electron chi connectivity index (χ4n) is 2.79. The molecule has 0 spiro atoms. The molecule has 0 fully saturated rings. The zero-order valence-corrected chi connectivity index (χ0v) is 17.5. The molecular weight excluding hydrogens is 406 g/mol. The number of carbonyl (C=O) groups excluding carboxylic acids is 2. The normalized spacial score (nSPS) is 10.5. The zero-order valence-electron chi connectivity index (χ0n) is 16.7. The predicted molar refractivity (Wildman–Crippen MR) is 114 cm³/mol. The summed E-state index contributed by atoms with van der Waals surface area (Å²) in [6.45, 7) is 1.43. The molecule has 0 saturated heterocycles. The minimum absolute atomic E-state index is 0.150. The summed E-state index contributed by atoms with van der Waals surface area (Å²) in [6.07, 6.45) is 4.20. The highest BCUT2D eigenvalue weighted by Gasteiger charge is 2.13. The quantitative estimate of drug-likeness (QED) is 0.550. The number of esters is 1. The van der Waals surface area contributed by atoms with Gasteiger partial charge in [-0.3, -0.25) is 9.59 Å². The number of amides is 1. The van der Waals surface area contributed by atoms with Gasteiger partial charge in [-0.1, -0.05) is 29.8 Å². The third-order valence-corrected chi connectivity index (χ3v) is 4.80. The van der Waals surface area contributed by atoms with Crippen molar-refractivity contribution in [2.75, 3.05) is 19.0 Å². The van der Waals surface area contributed by atoms with Crippen molar-refractivity contribution in [3.8, 4) is 11.4 Å². The van der Waals surface area contributed by atoms with E-state index in [1.54, 1.807) is 23.0 Å². The minimum atomic E-state index is -0.461. The first-order valence-electron chi connectivity index (χ1n) is 9.35. The molecule has 0 atom stereocenters. The number of carbonyl (C=O) groups is 2. The van der Waals surface area contributed by atoms with E-state index in [9.17, 15) is 9.59 Å². The Hall–Kier alpha value is -3.32. The Morgan fingerprint density at radius 3 is 2.70 bits per heavy atom. The van der Waals surface area contributed by atoms with E-state index >= 15 is 0 Å². The highest BCUT2D eigenvalue weighted by Crippen LogP contribution is 2.30. The first-order chi connectivity index (χ1) is 14.5. The summed E-state index contributed by atoms with van der Waals surface area (Å²) in [6, 6.07) is 13.0. The van der Waals surface area contributed by atoms with Crippen LogP contribution in [0.4, 0.5) is 5.69 Å². The van der Waals surface area contributed by atoms with Crippen molar-refractivity contribution in [2.24, 2.45) is 0 Å². The monoisotopic (exact) mass is 427 g/mol. The lowest BCUT2D eigenvalue weighted by Gasteiger charge is -2.12. The van der Waals surface area contributed by atoms with Crippen LogP contribution in [-0.4, -0.2) is 35.4 Å². The van der Waals surface area contributed by atoms with Crippen LogP contribution in [0.15, 0.2) is 54.9 Å². The van der Waals surface area contributed by atoms with Crippen LogP contribution in [0.3, 0.4) is 0 Å². The summed E-state index contributed by atoms with van der Waals surface area (Å²) in [4.78, 5) is 24.1. The molecular formula is C22H22ClN3O4. The van der Waals surface area contributed by atoms with E-state index in [0.717, 1.165) is 16.8 Å². The van der Waals surface area contributed by atoms with Crippen molar-refractivity contribution in [3.63, 3.8) is 0 Å². The average molecular weight is 428 g/mol. The van der Waals surface area contributed by atoms with Gasteiger partial charge in [-0.15, -0.1) is 0 Å². The summed E-state index contributed by atoms with van der Waals surface area (Å²) in [5, 5.41) is 7.50. The number of methoxy groups -OCH3 is 1. The van der Waals surface area contributed by atoms with E-state index in [4.69, 9.17) is 21.1 Å². The number of rotatable bonds is 8. The molecule has 0 aliphatic rings. The Bertz CT molecular complexity index is 1030. The lowest BCUT2D eigenvalue weighted by molar-refractivity contribution is -0.147. The van der Waals surface area contributed by atoms with Crippen LogP contribution in [0.5, 0.6) is 5.75 Å². The molecule has 0 unspecified atom stereocenters. The number of anilines is 1. The van der Waals surface area contributed by atoms with Gasteiger partial charge in [0.05, 0.1) is 24.7 Å². The molecule has 0 aliphatic carbocycles. The number of nitrogens with one attached hydrogen (secondary N) is 1. The van der Waals surface area contributed by atoms with E-state index in [2.05, 4.69) is 10.4 Å². The number of nitrogens with zero attached hydrogens (tertiary/aromatic N) is 2. The summed E-state index contributed by atoms with van der Waals surface area (Å²) < 4.78 is 12.0. The third-order valence-electron chi connectivity index (χ3n) is 4.39. The van der Waals surface area contributed by atoms with Gasteiger partial charge in [0.2, 0.25) is 0 Å². The fourth-order valence-corrected chi connectivity index (χ4v) is 2.95. The standard InChI is InChI=1S/C22H22ClN3O4/c1-15-10-19(20(29-2)11-18(15)23)25-21(27)14-30-22(28)9-8-16-12-24-26(13-16)17-6-4-3-5-7-17/h3-7,10-13H,8-9,14H2,1-2H3,(H,25,27). The molecule has 2 aromatic carbocycles. The van der Waals surface area contributed by atoms with Crippen molar-refractivity contribution in [1.29, 1.82) is 0 Å². The first-order valence-corrected chi connectivity index (χ1v) is 9.72. The third kappa shape index (κ3) is 5.61. The Balaban J connectivity index is 1.47. The van der Waals surface area contributed by atoms with E-state index < -0.39 is 11.9 Å². The average Bonchev–Trinajstić information content (AvgIpc) is 3.23. The Morgan fingerprint density at radius 2 is 1.97 bits per heavy atom. The second kappa shape index (κ2) is 9.93. The maximum Gasteiger partial charge on any atom is 0.306 e. The van der Waals surface area contributed by atoms with Crippen LogP contribution in [-0.2, 0) is 20.7 Å². The summed E-state index contributed by atoms with van der Waals surface area (Å²) in [5.74, 6) is -0.488. The maximum absolute atomic E-state index is 12.1. The zero-order chi connectivity index (χ0) is 21.5. The lowest BCUT2D eigenvalue weighted by atomic mass is 10.2. The van der Waals surface area contributed by atoms with Crippen molar-refractivity contribution < 1.29 is 19.1 Å². The molecule has 7 nitrogen and oxygen atoms in total. The summed E-state index contributed by atoms with van der Waals surface area (Å²) in [5.41, 5.74) is 3.10. The molecule has 3 aromatic rings. The largest absolute Gasteiger partial charge is 0.495 e. The molecule has 1 N–H and O–H groups in total. The van der Waals surface area contributed by atoms with E-state index in [0.29, 0.717) is 22.9 Å². The molecule has 0 saturated carbocycles. The van der Waals surface area contributed by atoms with Crippen LogP contribution in [0.1, 0.15) is 17.5 Å². The van der Waals surface area contributed by atoms with Crippen molar-refractivity contribution in [3.05, 3.63) is 71.0 Å². The molecule has 1 heterocycles. The predicted octanol–water partition coefficient (Wildman–Crippen LogP) is 3.96. The first kappa shape index (κ1) is 21.4. The summed E-state index contributed by atoms with van der Waals surface area (Å²) >= 11 is 6.06. The van der Waals surface area contributed by atoms with Crippen LogP contribution in [0.2, 0.25) is 5.02 Å². The number of benzene rings is 2. The molecule has 3 rings (SSSR count). The van der Waals surface area contributed by atoms with Crippen LogP contribution < -0.4 is 10.1 Å². The van der Waals surface area contributed by atoms with E-state index in [-0.39, 0.29) is 13.0 Å². The Morgan fingerprint density at radius 1 is 1.20 bits per heavy atom. The van der Waals surface area contributed by atoms with Gasteiger partial charge in [-0.2, -0.15) is 5.10 Å². The smallest absolute Gasteiger partial charge is 0.306 e. The second-order valence-corrected chi connectivity index (χ2v) is 7.05. The number of ether oxygens (including phenoxy) is 2. The van der Waals surface area contributed by atoms with Gasteiger partial charge >= 0.3 is 5.97 Å². The van der Waals surface area contributed by atoms with Gasteiger partial charge in [0.1, 0.15) is 5.75 Å². The highest BCUT2D eigenvalue weighted by molar-refractivity contribution is 6.31. The Labute approximate surface area is 179 Å². The van der Waals surface area contributed by atoms with Gasteiger partial charge < -0.3 is 14.8 Å². The van der Waals surface area contributed by atoms with Gasteiger partial charge in [0.25, 0.3) is 5.91 Å². The fraction of sp³-hybridized carbons (Fsp3) is 0.227. The molecule has 1 amide bonds. The molecule has 156 valence electrons. The van der Waals surface area contributed by atoms with Crippen LogP contribution in [0, 0.1) is 6.92 Å². The van der Waals surface area contributed by atoms with Gasteiger partial charge in [0, 0.05) is 23.7 Å². The molecule has 1 aromatic heterocycles. The van der Waals surface area contributed by atoms with Crippen molar-refractivity contribution in [1.82, 2.24) is 9.78 Å². The van der Waals surface area contributed by atoms with Crippen molar-refractivity contribution >= 4 is 29.2 Å². The second-order valence-electron chi connectivity index (χ2n) is 6.64. The van der Waals surface area contributed by atoms with Gasteiger partial charge in [-0.25, -0.2) is 4.68 Å². The van der Waals surface area contributed by atoms with Gasteiger partial charge in [-0.05, 0) is 42.7 Å². The number of halogens is 1. The number of hydrogen-bond acceptors (Lipinski definition) is 5. The Kier molecular flexibility index (Phi) is 7.08. The van der Waals surface area contributed by atoms with Gasteiger partial charge in [0.15, 0.2) is 6.61 Å². The van der Waals surface area contributed by atoms with Crippen LogP contribution in [0.25, 0.3) is 5.69 Å². The molecule has 0 bridgehead atoms.